The highest BCUT2D eigenvalue weighted by molar-refractivity contribution is 9.10. The first-order chi connectivity index (χ1) is 8.95. The molecular weight excluding hydrogens is 317 g/mol. The number of nitrogens with zero attached hydrogens (tertiary/aromatic N) is 1. The molecule has 0 aliphatic heterocycles. The Morgan fingerprint density at radius 3 is 2.74 bits per heavy atom. The predicted molar refractivity (Wildman–Crippen MR) is 72.1 cm³/mol. The fourth-order valence-electron chi connectivity index (χ4n) is 1.47. The Kier molecular flexibility index (Phi) is 5.95. The van der Waals surface area contributed by atoms with E-state index in [2.05, 4.69) is 20.7 Å². The van der Waals surface area contributed by atoms with Gasteiger partial charge in [-0.2, -0.15) is 0 Å². The van der Waals surface area contributed by atoms with E-state index in [-0.39, 0.29) is 19.0 Å². The van der Waals surface area contributed by atoms with E-state index in [9.17, 15) is 14.0 Å². The number of hydrogen-bond acceptors (Lipinski definition) is 3. The summed E-state index contributed by atoms with van der Waals surface area (Å²) in [6, 6.07) is 4.61. The molecule has 0 radical (unpaired) electrons. The minimum atomic E-state index is -0.889. The molecule has 0 aliphatic rings. The molecule has 1 amide bonds. The smallest absolute Gasteiger partial charge is 0.396 e. The number of esters is 1. The molecule has 0 saturated heterocycles. The third-order valence-electron chi connectivity index (χ3n) is 2.52. The zero-order valence-corrected chi connectivity index (χ0v) is 12.4. The molecule has 4 nitrogen and oxygen atoms in total. The maximum Gasteiger partial charge on any atom is 0.396 e. The van der Waals surface area contributed by atoms with Gasteiger partial charge < -0.3 is 9.64 Å². The molecule has 0 fully saturated rings. The van der Waals surface area contributed by atoms with E-state index in [0.29, 0.717) is 12.0 Å². The van der Waals surface area contributed by atoms with Gasteiger partial charge in [0.2, 0.25) is 0 Å². The van der Waals surface area contributed by atoms with Crippen molar-refractivity contribution < 1.29 is 18.7 Å². The highest BCUT2D eigenvalue weighted by Gasteiger charge is 2.19. The van der Waals surface area contributed by atoms with Crippen molar-refractivity contribution in [3.05, 3.63) is 34.1 Å². The molecule has 0 spiro atoms. The molecule has 104 valence electrons. The second-order valence-corrected chi connectivity index (χ2v) is 4.85. The highest BCUT2D eigenvalue weighted by Crippen LogP contribution is 2.16. The summed E-state index contributed by atoms with van der Waals surface area (Å²) in [7, 11) is 1.48. The molecule has 1 aromatic carbocycles. The molecule has 0 N–H and O–H groups in total. The van der Waals surface area contributed by atoms with Gasteiger partial charge in [-0.3, -0.25) is 4.79 Å². The first-order valence-electron chi connectivity index (χ1n) is 5.81. The number of ether oxygens (including phenoxy) is 1. The van der Waals surface area contributed by atoms with Gasteiger partial charge in [-0.15, -0.1) is 0 Å². The van der Waals surface area contributed by atoms with E-state index in [1.165, 1.54) is 18.0 Å². The molecule has 19 heavy (non-hydrogen) atoms. The summed E-state index contributed by atoms with van der Waals surface area (Å²) in [5, 5.41) is 0. The Bertz CT molecular complexity index is 479. The summed E-state index contributed by atoms with van der Waals surface area (Å²) in [4.78, 5) is 24.0. The number of rotatable bonds is 4. The molecule has 0 unspecified atom stereocenters. The monoisotopic (exact) mass is 331 g/mol. The van der Waals surface area contributed by atoms with E-state index < -0.39 is 11.9 Å². The van der Waals surface area contributed by atoms with E-state index >= 15 is 0 Å². The third-order valence-corrected chi connectivity index (χ3v) is 3.01. The third kappa shape index (κ3) is 4.63. The van der Waals surface area contributed by atoms with Gasteiger partial charge in [-0.1, -0.05) is 15.9 Å². The molecule has 0 aliphatic carbocycles. The summed E-state index contributed by atoms with van der Waals surface area (Å²) < 4.78 is 18.9. The average Bonchev–Trinajstić information content (AvgIpc) is 2.38. The van der Waals surface area contributed by atoms with E-state index in [4.69, 9.17) is 0 Å². The lowest BCUT2D eigenvalue weighted by Crippen LogP contribution is -2.36. The van der Waals surface area contributed by atoms with Crippen LogP contribution in [0.1, 0.15) is 12.5 Å². The second-order valence-electron chi connectivity index (χ2n) is 3.93. The van der Waals surface area contributed by atoms with Crippen LogP contribution < -0.4 is 0 Å². The molecule has 0 saturated carbocycles. The van der Waals surface area contributed by atoms with Crippen molar-refractivity contribution in [2.24, 2.45) is 0 Å². The van der Waals surface area contributed by atoms with Crippen LogP contribution in [0.2, 0.25) is 0 Å². The summed E-state index contributed by atoms with van der Waals surface area (Å²) in [6.07, 6.45) is 0.326. The molecule has 0 aromatic heterocycles. The van der Waals surface area contributed by atoms with Crippen LogP contribution in [-0.2, 0) is 20.7 Å². The SMILES string of the molecule is CCOC(=O)C(=O)N(C)CCc1cc(Br)ccc1F. The fourth-order valence-corrected chi connectivity index (χ4v) is 1.88. The van der Waals surface area contributed by atoms with E-state index in [1.54, 1.807) is 19.1 Å². The highest BCUT2D eigenvalue weighted by atomic mass is 79.9. The van der Waals surface area contributed by atoms with Crippen molar-refractivity contribution in [1.82, 2.24) is 4.90 Å². The lowest BCUT2D eigenvalue weighted by molar-refractivity contribution is -0.159. The zero-order valence-electron chi connectivity index (χ0n) is 10.8. The van der Waals surface area contributed by atoms with Crippen molar-refractivity contribution in [2.45, 2.75) is 13.3 Å². The quantitative estimate of drug-likeness (QED) is 0.627. The van der Waals surface area contributed by atoms with Crippen LogP contribution in [0.15, 0.2) is 22.7 Å². The van der Waals surface area contributed by atoms with Gasteiger partial charge in [0.05, 0.1) is 6.61 Å². The summed E-state index contributed by atoms with van der Waals surface area (Å²) in [5.74, 6) is -1.95. The first kappa shape index (κ1) is 15.6. The van der Waals surface area contributed by atoms with Gasteiger partial charge in [-0.05, 0) is 37.1 Å². The molecule has 6 heteroatoms. The maximum atomic E-state index is 13.5. The van der Waals surface area contributed by atoms with Crippen LogP contribution in [-0.4, -0.2) is 37.0 Å². The normalized spacial score (nSPS) is 10.1. The number of hydrogen-bond donors (Lipinski definition) is 0. The largest absolute Gasteiger partial charge is 0.459 e. The maximum absolute atomic E-state index is 13.5. The Morgan fingerprint density at radius 1 is 1.42 bits per heavy atom. The number of halogens is 2. The minimum Gasteiger partial charge on any atom is -0.459 e. The van der Waals surface area contributed by atoms with Gasteiger partial charge in [0.25, 0.3) is 0 Å². The van der Waals surface area contributed by atoms with Crippen LogP contribution in [0.5, 0.6) is 0 Å². The van der Waals surface area contributed by atoms with Crippen LogP contribution in [0.4, 0.5) is 4.39 Å². The molecule has 1 rings (SSSR count). The molecule has 0 heterocycles. The van der Waals surface area contributed by atoms with Gasteiger partial charge in [0, 0.05) is 18.1 Å². The van der Waals surface area contributed by atoms with Crippen molar-refractivity contribution in [3.63, 3.8) is 0 Å². The van der Waals surface area contributed by atoms with Gasteiger partial charge >= 0.3 is 11.9 Å². The number of carbonyl (C=O) groups excluding carboxylic acids is 2. The fraction of sp³-hybridized carbons (Fsp3) is 0.385. The summed E-state index contributed by atoms with van der Waals surface area (Å²) in [5.41, 5.74) is 0.484. The number of likely N-dealkylation sites (N-methyl/N-ethyl adjacent to an activating group) is 1. The lowest BCUT2D eigenvalue weighted by atomic mass is 10.1. The second kappa shape index (κ2) is 7.23. The van der Waals surface area contributed by atoms with Crippen molar-refractivity contribution in [1.29, 1.82) is 0 Å². The predicted octanol–water partition coefficient (Wildman–Crippen LogP) is 2.15. The summed E-state index contributed by atoms with van der Waals surface area (Å²) in [6.45, 7) is 2.02. The van der Waals surface area contributed by atoms with Crippen LogP contribution in [0, 0.1) is 5.82 Å². The van der Waals surface area contributed by atoms with E-state index in [0.717, 1.165) is 4.47 Å². The van der Waals surface area contributed by atoms with Crippen LogP contribution >= 0.6 is 15.9 Å². The number of amides is 1. The lowest BCUT2D eigenvalue weighted by Gasteiger charge is -2.16. The number of benzene rings is 1. The standard InChI is InChI=1S/C13H15BrFNO3/c1-3-19-13(18)12(17)16(2)7-6-9-8-10(14)4-5-11(9)15/h4-5,8H,3,6-7H2,1-2H3. The average molecular weight is 332 g/mol. The van der Waals surface area contributed by atoms with Crippen LogP contribution in [0.3, 0.4) is 0 Å². The molecule has 0 atom stereocenters. The van der Waals surface area contributed by atoms with Crippen molar-refractivity contribution in [2.75, 3.05) is 20.2 Å². The molecule has 0 bridgehead atoms. The summed E-state index contributed by atoms with van der Waals surface area (Å²) >= 11 is 3.25. The molecule has 1 aromatic rings. The van der Waals surface area contributed by atoms with Crippen molar-refractivity contribution in [3.8, 4) is 0 Å². The Labute approximate surface area is 119 Å². The Hall–Kier alpha value is -1.43. The first-order valence-corrected chi connectivity index (χ1v) is 6.61. The molecular formula is C13H15BrFNO3. The zero-order chi connectivity index (χ0) is 14.4. The van der Waals surface area contributed by atoms with Gasteiger partial charge in [-0.25, -0.2) is 9.18 Å². The van der Waals surface area contributed by atoms with Gasteiger partial charge in [0.1, 0.15) is 5.82 Å². The minimum absolute atomic E-state index is 0.151. The Morgan fingerprint density at radius 2 is 2.11 bits per heavy atom. The van der Waals surface area contributed by atoms with Gasteiger partial charge in [0.15, 0.2) is 0 Å². The van der Waals surface area contributed by atoms with Crippen molar-refractivity contribution >= 4 is 27.8 Å². The topological polar surface area (TPSA) is 46.6 Å². The Balaban J connectivity index is 2.58. The van der Waals surface area contributed by atoms with Crippen LogP contribution in [0.25, 0.3) is 0 Å². The van der Waals surface area contributed by atoms with E-state index in [1.807, 2.05) is 0 Å². The number of carbonyl (C=O) groups is 2.